The molecule has 0 atom stereocenters. The molecular formula is C17H12ClFN2O2S. The monoisotopic (exact) mass is 362 g/mol. The highest BCUT2D eigenvalue weighted by Gasteiger charge is 2.13. The minimum absolute atomic E-state index is 0.0164. The molecular weight excluding hydrogens is 351 g/mol. The maximum Gasteiger partial charge on any atom is 0.340 e. The van der Waals surface area contributed by atoms with Crippen molar-refractivity contribution in [3.63, 3.8) is 0 Å². The molecule has 7 heteroatoms. The fourth-order valence-electron chi connectivity index (χ4n) is 2.02. The van der Waals surface area contributed by atoms with E-state index in [9.17, 15) is 9.18 Å². The summed E-state index contributed by atoms with van der Waals surface area (Å²) in [6, 6.07) is 10.7. The lowest BCUT2D eigenvalue weighted by atomic mass is 10.2. The summed E-state index contributed by atoms with van der Waals surface area (Å²) in [7, 11) is 0. The van der Waals surface area contributed by atoms with Crippen LogP contribution in [-0.2, 0) is 11.3 Å². The van der Waals surface area contributed by atoms with Crippen LogP contribution in [0.1, 0.15) is 16.1 Å². The van der Waals surface area contributed by atoms with Crippen LogP contribution >= 0.6 is 22.9 Å². The molecule has 0 aliphatic rings. The highest BCUT2D eigenvalue weighted by Crippen LogP contribution is 2.25. The Labute approximate surface area is 146 Å². The second-order valence-corrected chi connectivity index (χ2v) is 6.25. The molecule has 0 aliphatic heterocycles. The number of nitrogens with two attached hydrogens (primary N) is 1. The summed E-state index contributed by atoms with van der Waals surface area (Å²) in [6.45, 7) is 0.0164. The molecule has 1 heterocycles. The third-order valence-electron chi connectivity index (χ3n) is 3.23. The topological polar surface area (TPSA) is 65.2 Å². The van der Waals surface area contributed by atoms with Gasteiger partial charge in [-0.05, 0) is 42.5 Å². The average Bonchev–Trinajstić information content (AvgIpc) is 3.04. The Morgan fingerprint density at radius 1 is 1.25 bits per heavy atom. The number of nitrogens with zero attached hydrogens (tertiary/aromatic N) is 1. The molecule has 24 heavy (non-hydrogen) atoms. The maximum absolute atomic E-state index is 12.9. The molecule has 0 amide bonds. The summed E-state index contributed by atoms with van der Waals surface area (Å²) in [5.41, 5.74) is 7.68. The summed E-state index contributed by atoms with van der Waals surface area (Å²) in [4.78, 5) is 16.5. The highest BCUT2D eigenvalue weighted by molar-refractivity contribution is 7.13. The van der Waals surface area contributed by atoms with E-state index in [1.165, 1.54) is 29.5 Å². The van der Waals surface area contributed by atoms with Crippen molar-refractivity contribution in [2.75, 3.05) is 5.73 Å². The van der Waals surface area contributed by atoms with E-state index in [4.69, 9.17) is 22.1 Å². The summed E-state index contributed by atoms with van der Waals surface area (Å²) in [5, 5.41) is 2.92. The Morgan fingerprint density at radius 2 is 2.00 bits per heavy atom. The number of halogens is 2. The summed E-state index contributed by atoms with van der Waals surface area (Å²) < 4.78 is 18.2. The van der Waals surface area contributed by atoms with Crippen molar-refractivity contribution < 1.29 is 13.9 Å². The van der Waals surface area contributed by atoms with Gasteiger partial charge in [0.25, 0.3) is 0 Å². The van der Waals surface area contributed by atoms with Crippen LogP contribution in [0.2, 0.25) is 5.02 Å². The quantitative estimate of drug-likeness (QED) is 0.546. The Bertz CT molecular complexity index is 881. The fourth-order valence-corrected chi connectivity index (χ4v) is 3.00. The molecule has 1 aromatic heterocycles. The minimum atomic E-state index is -0.564. The number of benzene rings is 2. The van der Waals surface area contributed by atoms with Crippen molar-refractivity contribution in [1.82, 2.24) is 4.98 Å². The number of carbonyl (C=O) groups excluding carboxylic acids is 1. The van der Waals surface area contributed by atoms with E-state index in [1.807, 2.05) is 0 Å². The molecule has 3 aromatic rings. The molecule has 0 saturated heterocycles. The molecule has 0 bridgehead atoms. The lowest BCUT2D eigenvalue weighted by Gasteiger charge is -2.06. The fraction of sp³-hybridized carbons (Fsp3) is 0.0588. The standard InChI is InChI=1S/C17H12ClFN2O2S/c18-11-3-6-15(20)14(7-11)17(22)23-8-13-9-24-16(21-13)10-1-4-12(19)5-2-10/h1-7,9H,8,20H2. The molecule has 3 rings (SSSR count). The van der Waals surface area contributed by atoms with Gasteiger partial charge in [0.1, 0.15) is 17.4 Å². The van der Waals surface area contributed by atoms with Gasteiger partial charge in [-0.1, -0.05) is 11.6 Å². The lowest BCUT2D eigenvalue weighted by molar-refractivity contribution is 0.0470. The zero-order chi connectivity index (χ0) is 17.1. The second-order valence-electron chi connectivity index (χ2n) is 4.96. The van der Waals surface area contributed by atoms with Gasteiger partial charge in [-0.25, -0.2) is 14.2 Å². The predicted octanol–water partition coefficient (Wildman–Crippen LogP) is 4.54. The molecule has 2 aromatic carbocycles. The first-order valence-electron chi connectivity index (χ1n) is 6.95. The van der Waals surface area contributed by atoms with Crippen LogP contribution in [0.25, 0.3) is 10.6 Å². The summed E-state index contributed by atoms with van der Waals surface area (Å²) >= 11 is 7.25. The predicted molar refractivity (Wildman–Crippen MR) is 92.5 cm³/mol. The van der Waals surface area contributed by atoms with Gasteiger partial charge >= 0.3 is 5.97 Å². The number of anilines is 1. The van der Waals surface area contributed by atoms with Crippen LogP contribution in [-0.4, -0.2) is 11.0 Å². The van der Waals surface area contributed by atoms with Crippen molar-refractivity contribution in [1.29, 1.82) is 0 Å². The number of ether oxygens (including phenoxy) is 1. The Hall–Kier alpha value is -2.44. The maximum atomic E-state index is 12.9. The second kappa shape index (κ2) is 6.98. The van der Waals surface area contributed by atoms with Crippen LogP contribution in [0.5, 0.6) is 0 Å². The van der Waals surface area contributed by atoms with Gasteiger partial charge in [0.05, 0.1) is 11.3 Å². The SMILES string of the molecule is Nc1ccc(Cl)cc1C(=O)OCc1csc(-c2ccc(F)cc2)n1. The Kier molecular flexibility index (Phi) is 4.78. The highest BCUT2D eigenvalue weighted by atomic mass is 35.5. The van der Waals surface area contributed by atoms with Crippen molar-refractivity contribution in [2.45, 2.75) is 6.61 Å². The number of hydrogen-bond acceptors (Lipinski definition) is 5. The van der Waals surface area contributed by atoms with Crippen LogP contribution in [0, 0.1) is 5.82 Å². The average molecular weight is 363 g/mol. The van der Waals surface area contributed by atoms with Crippen LogP contribution < -0.4 is 5.73 Å². The van der Waals surface area contributed by atoms with Crippen LogP contribution in [0.4, 0.5) is 10.1 Å². The van der Waals surface area contributed by atoms with Crippen LogP contribution in [0.15, 0.2) is 47.8 Å². The summed E-state index contributed by atoms with van der Waals surface area (Å²) in [6.07, 6.45) is 0. The largest absolute Gasteiger partial charge is 0.455 e. The number of carbonyl (C=O) groups is 1. The zero-order valence-corrected chi connectivity index (χ0v) is 13.9. The van der Waals surface area contributed by atoms with E-state index < -0.39 is 5.97 Å². The van der Waals surface area contributed by atoms with Gasteiger partial charge < -0.3 is 10.5 Å². The first-order chi connectivity index (χ1) is 11.5. The van der Waals surface area contributed by atoms with E-state index in [0.717, 1.165) is 10.6 Å². The zero-order valence-electron chi connectivity index (χ0n) is 12.3. The van der Waals surface area contributed by atoms with E-state index in [0.29, 0.717) is 16.4 Å². The number of hydrogen-bond donors (Lipinski definition) is 1. The molecule has 122 valence electrons. The Morgan fingerprint density at radius 3 is 2.75 bits per heavy atom. The van der Waals surface area contributed by atoms with E-state index in [2.05, 4.69) is 4.98 Å². The third-order valence-corrected chi connectivity index (χ3v) is 4.40. The van der Waals surface area contributed by atoms with Crippen molar-refractivity contribution in [2.24, 2.45) is 0 Å². The van der Waals surface area contributed by atoms with Gasteiger partial charge in [0, 0.05) is 21.7 Å². The number of rotatable bonds is 4. The molecule has 0 aliphatic carbocycles. The van der Waals surface area contributed by atoms with Gasteiger partial charge in [0.15, 0.2) is 0 Å². The first-order valence-corrected chi connectivity index (χ1v) is 8.21. The Balaban J connectivity index is 1.68. The van der Waals surface area contributed by atoms with E-state index >= 15 is 0 Å². The van der Waals surface area contributed by atoms with Crippen molar-refractivity contribution >= 4 is 34.6 Å². The lowest BCUT2D eigenvalue weighted by Crippen LogP contribution is -2.08. The first kappa shape index (κ1) is 16.4. The van der Waals surface area contributed by atoms with Gasteiger partial charge in [-0.15, -0.1) is 11.3 Å². The summed E-state index contributed by atoms with van der Waals surface area (Å²) in [5.74, 6) is -0.866. The third kappa shape index (κ3) is 3.72. The molecule has 0 radical (unpaired) electrons. The normalized spacial score (nSPS) is 10.6. The van der Waals surface area contributed by atoms with E-state index in [-0.39, 0.29) is 18.0 Å². The molecule has 0 saturated carbocycles. The van der Waals surface area contributed by atoms with E-state index in [1.54, 1.807) is 29.6 Å². The van der Waals surface area contributed by atoms with Gasteiger partial charge in [-0.2, -0.15) is 0 Å². The molecule has 0 spiro atoms. The molecule has 4 nitrogen and oxygen atoms in total. The number of thiazole rings is 1. The number of aromatic nitrogens is 1. The smallest absolute Gasteiger partial charge is 0.340 e. The van der Waals surface area contributed by atoms with Crippen molar-refractivity contribution in [3.05, 3.63) is 69.9 Å². The molecule has 2 N–H and O–H groups in total. The van der Waals surface area contributed by atoms with Gasteiger partial charge in [0.2, 0.25) is 0 Å². The number of esters is 1. The van der Waals surface area contributed by atoms with Gasteiger partial charge in [-0.3, -0.25) is 0 Å². The minimum Gasteiger partial charge on any atom is -0.455 e. The molecule has 0 unspecified atom stereocenters. The number of nitrogen functional groups attached to an aromatic ring is 1. The molecule has 0 fully saturated rings. The van der Waals surface area contributed by atoms with Crippen molar-refractivity contribution in [3.8, 4) is 10.6 Å². The van der Waals surface area contributed by atoms with Crippen LogP contribution in [0.3, 0.4) is 0 Å².